The summed E-state index contributed by atoms with van der Waals surface area (Å²) in [6, 6.07) is 0. The Kier molecular flexibility index (Phi) is 5.58. The maximum Gasteiger partial charge on any atom is 0.146 e. The molecule has 0 aliphatic rings. The lowest BCUT2D eigenvalue weighted by molar-refractivity contribution is 0.112. The molecule has 0 aromatic rings. The van der Waals surface area contributed by atoms with E-state index < -0.39 is 0 Å². The predicted octanol–water partition coefficient (Wildman–Crippen LogP) is 1.58. The molecule has 0 saturated heterocycles. The SMILES string of the molecule is CP(C)CCCC(C)(C)O[SiH3]. The Hall–Kier alpha value is 0.607. The van der Waals surface area contributed by atoms with Gasteiger partial charge >= 0.3 is 0 Å². The summed E-state index contributed by atoms with van der Waals surface area (Å²) in [7, 11) is 1.16. The Morgan fingerprint density at radius 2 is 1.91 bits per heavy atom. The van der Waals surface area contributed by atoms with Crippen molar-refractivity contribution in [2.24, 2.45) is 0 Å². The van der Waals surface area contributed by atoms with E-state index >= 15 is 0 Å². The maximum atomic E-state index is 5.47. The van der Waals surface area contributed by atoms with Crippen LogP contribution in [0.15, 0.2) is 0 Å². The third-order valence-corrected chi connectivity index (χ3v) is 4.25. The van der Waals surface area contributed by atoms with Crippen LogP contribution in [0.1, 0.15) is 26.7 Å². The van der Waals surface area contributed by atoms with Gasteiger partial charge in [-0.25, -0.2) is 0 Å². The van der Waals surface area contributed by atoms with Gasteiger partial charge in [0.15, 0.2) is 0 Å². The number of rotatable bonds is 5. The first-order chi connectivity index (χ1) is 4.98. The fourth-order valence-corrected chi connectivity index (χ4v) is 1.92. The topological polar surface area (TPSA) is 9.23 Å². The lowest BCUT2D eigenvalue weighted by Gasteiger charge is -2.23. The van der Waals surface area contributed by atoms with Crippen molar-refractivity contribution in [3.05, 3.63) is 0 Å². The van der Waals surface area contributed by atoms with Gasteiger partial charge in [-0.1, -0.05) is 0 Å². The Morgan fingerprint density at radius 1 is 1.36 bits per heavy atom. The van der Waals surface area contributed by atoms with Crippen molar-refractivity contribution in [1.82, 2.24) is 0 Å². The van der Waals surface area contributed by atoms with E-state index in [1.807, 2.05) is 0 Å². The highest BCUT2D eigenvalue weighted by molar-refractivity contribution is 7.55. The molecular formula is C8H21OPSi. The van der Waals surface area contributed by atoms with E-state index in [1.165, 1.54) is 19.0 Å². The van der Waals surface area contributed by atoms with Gasteiger partial charge in [0.2, 0.25) is 0 Å². The van der Waals surface area contributed by atoms with Gasteiger partial charge in [-0.15, -0.1) is 7.92 Å². The third kappa shape index (κ3) is 6.98. The van der Waals surface area contributed by atoms with Crippen LogP contribution < -0.4 is 0 Å². The average Bonchev–Trinajstić information content (AvgIpc) is 1.87. The molecule has 3 heteroatoms. The minimum atomic E-state index is 0.150. The van der Waals surface area contributed by atoms with Crippen molar-refractivity contribution < 1.29 is 4.43 Å². The molecule has 0 amide bonds. The molecule has 0 heterocycles. The first kappa shape index (κ1) is 11.6. The van der Waals surface area contributed by atoms with Crippen LogP contribution in [0, 0.1) is 0 Å². The number of hydrogen-bond donors (Lipinski definition) is 0. The normalized spacial score (nSPS) is 12.8. The molecule has 0 unspecified atom stereocenters. The zero-order chi connectivity index (χ0) is 8.91. The van der Waals surface area contributed by atoms with E-state index in [2.05, 4.69) is 27.2 Å². The lowest BCUT2D eigenvalue weighted by atomic mass is 10.0. The van der Waals surface area contributed by atoms with E-state index in [0.717, 1.165) is 10.5 Å². The van der Waals surface area contributed by atoms with Crippen LogP contribution in [0.4, 0.5) is 0 Å². The highest BCUT2D eigenvalue weighted by atomic mass is 31.1. The maximum absolute atomic E-state index is 5.47. The van der Waals surface area contributed by atoms with E-state index in [9.17, 15) is 0 Å². The molecule has 0 bridgehead atoms. The Bertz CT molecular complexity index is 104. The Labute approximate surface area is 75.2 Å². The molecule has 0 aliphatic carbocycles. The summed E-state index contributed by atoms with van der Waals surface area (Å²) >= 11 is 0. The van der Waals surface area contributed by atoms with Crippen LogP contribution >= 0.6 is 7.92 Å². The van der Waals surface area contributed by atoms with E-state index in [1.54, 1.807) is 0 Å². The van der Waals surface area contributed by atoms with Crippen molar-refractivity contribution in [2.45, 2.75) is 32.3 Å². The minimum Gasteiger partial charge on any atom is -0.423 e. The minimum absolute atomic E-state index is 0.150. The molecule has 0 fully saturated rings. The van der Waals surface area contributed by atoms with Gasteiger partial charge in [-0.3, -0.25) is 0 Å². The number of hydrogen-bond acceptors (Lipinski definition) is 1. The molecule has 68 valence electrons. The van der Waals surface area contributed by atoms with Gasteiger partial charge in [0, 0.05) is 5.60 Å². The van der Waals surface area contributed by atoms with Gasteiger partial charge < -0.3 is 4.43 Å². The molecular weight excluding hydrogens is 171 g/mol. The summed E-state index contributed by atoms with van der Waals surface area (Å²) in [5.74, 6) is 0. The van der Waals surface area contributed by atoms with Crippen LogP contribution in [-0.2, 0) is 4.43 Å². The summed E-state index contributed by atoms with van der Waals surface area (Å²) < 4.78 is 5.47. The highest BCUT2D eigenvalue weighted by Gasteiger charge is 2.14. The van der Waals surface area contributed by atoms with Gasteiger partial charge in [-0.2, -0.15) is 0 Å². The summed E-state index contributed by atoms with van der Waals surface area (Å²) in [5, 5.41) is 0. The van der Waals surface area contributed by atoms with Crippen molar-refractivity contribution in [2.75, 3.05) is 19.5 Å². The van der Waals surface area contributed by atoms with Crippen LogP contribution in [0.3, 0.4) is 0 Å². The molecule has 0 spiro atoms. The second kappa shape index (κ2) is 5.29. The van der Waals surface area contributed by atoms with Crippen molar-refractivity contribution in [3.8, 4) is 0 Å². The van der Waals surface area contributed by atoms with E-state index in [-0.39, 0.29) is 5.60 Å². The molecule has 0 aromatic heterocycles. The van der Waals surface area contributed by atoms with Gasteiger partial charge in [0.05, 0.1) is 0 Å². The summed E-state index contributed by atoms with van der Waals surface area (Å²) in [6.45, 7) is 9.05. The largest absolute Gasteiger partial charge is 0.423 e. The molecule has 0 atom stereocenters. The fourth-order valence-electron chi connectivity index (χ4n) is 0.923. The summed E-state index contributed by atoms with van der Waals surface area (Å²) in [5.41, 5.74) is 0.150. The Morgan fingerprint density at radius 3 is 2.27 bits per heavy atom. The van der Waals surface area contributed by atoms with Gasteiger partial charge in [0.25, 0.3) is 0 Å². The zero-order valence-corrected chi connectivity index (χ0v) is 11.4. The molecule has 0 aliphatic heterocycles. The van der Waals surface area contributed by atoms with Crippen molar-refractivity contribution in [1.29, 1.82) is 0 Å². The second-order valence-electron chi connectivity index (χ2n) is 3.87. The third-order valence-electron chi connectivity index (χ3n) is 1.94. The lowest BCUT2D eigenvalue weighted by Crippen LogP contribution is -2.22. The smallest absolute Gasteiger partial charge is 0.146 e. The van der Waals surface area contributed by atoms with Crippen LogP contribution in [0.2, 0.25) is 0 Å². The molecule has 0 radical (unpaired) electrons. The monoisotopic (exact) mass is 192 g/mol. The van der Waals surface area contributed by atoms with E-state index in [4.69, 9.17) is 4.43 Å². The van der Waals surface area contributed by atoms with Crippen LogP contribution in [0.5, 0.6) is 0 Å². The second-order valence-corrected chi connectivity index (χ2v) is 6.89. The first-order valence-corrected chi connectivity index (χ1v) is 7.41. The van der Waals surface area contributed by atoms with Gasteiger partial charge in [0.1, 0.15) is 10.5 Å². The van der Waals surface area contributed by atoms with Crippen molar-refractivity contribution in [3.63, 3.8) is 0 Å². The predicted molar refractivity (Wildman–Crippen MR) is 58.0 cm³/mol. The summed E-state index contributed by atoms with van der Waals surface area (Å²) in [6.07, 6.45) is 3.94. The van der Waals surface area contributed by atoms with Crippen molar-refractivity contribution >= 4 is 18.4 Å². The average molecular weight is 192 g/mol. The van der Waals surface area contributed by atoms with E-state index in [0.29, 0.717) is 7.92 Å². The quantitative estimate of drug-likeness (QED) is 0.475. The molecule has 11 heavy (non-hydrogen) atoms. The van der Waals surface area contributed by atoms with Gasteiger partial charge in [-0.05, 0) is 46.2 Å². The molecule has 1 nitrogen and oxygen atoms in total. The van der Waals surface area contributed by atoms with Crippen LogP contribution in [-0.4, -0.2) is 35.6 Å². The molecule has 0 rings (SSSR count). The summed E-state index contributed by atoms with van der Waals surface area (Å²) in [4.78, 5) is 0. The highest BCUT2D eigenvalue weighted by Crippen LogP contribution is 2.27. The zero-order valence-electron chi connectivity index (χ0n) is 8.48. The Balaban J connectivity index is 3.38. The molecule has 0 aromatic carbocycles. The standard InChI is InChI=1S/C8H21OPSi/c1-8(2,9-11)6-5-7-10(3)4/h5-7H2,1-4,11H3. The molecule has 0 N–H and O–H groups in total. The van der Waals surface area contributed by atoms with Crippen LogP contribution in [0.25, 0.3) is 0 Å². The first-order valence-electron chi connectivity index (χ1n) is 4.18. The fraction of sp³-hybridized carbons (Fsp3) is 1.00. The molecule has 0 saturated carbocycles.